The van der Waals surface area contributed by atoms with Crippen LogP contribution in [0.4, 0.5) is 5.69 Å². The molecule has 1 aliphatic rings. The van der Waals surface area contributed by atoms with Crippen molar-refractivity contribution >= 4 is 40.8 Å². The normalized spacial score (nSPS) is 18.3. The summed E-state index contributed by atoms with van der Waals surface area (Å²) in [6.07, 6.45) is -0.0135. The van der Waals surface area contributed by atoms with Crippen LogP contribution in [0.15, 0.2) is 54.3 Å². The molecular weight excluding hydrogens is 389 g/mol. The smallest absolute Gasteiger partial charge is 0.332 e. The lowest BCUT2D eigenvalue weighted by molar-refractivity contribution is -0.132. The van der Waals surface area contributed by atoms with Crippen LogP contribution in [-0.2, 0) is 14.3 Å². The maximum Gasteiger partial charge on any atom is 0.332 e. The van der Waals surface area contributed by atoms with Crippen molar-refractivity contribution in [2.75, 3.05) is 4.90 Å². The van der Waals surface area contributed by atoms with Crippen LogP contribution in [0.2, 0.25) is 10.0 Å². The van der Waals surface area contributed by atoms with Gasteiger partial charge in [-0.15, -0.1) is 0 Å². The van der Waals surface area contributed by atoms with E-state index in [4.69, 9.17) is 27.9 Å². The van der Waals surface area contributed by atoms with Crippen LogP contribution in [0.1, 0.15) is 31.1 Å². The Hall–Kier alpha value is -2.50. The van der Waals surface area contributed by atoms with E-state index in [9.17, 15) is 14.7 Å². The Labute approximate surface area is 166 Å². The zero-order chi connectivity index (χ0) is 19.7. The number of carboxylic acid groups (broad SMARTS) is 1. The third-order valence-electron chi connectivity index (χ3n) is 4.16. The number of benzene rings is 2. The van der Waals surface area contributed by atoms with Gasteiger partial charge in [-0.05, 0) is 38.1 Å². The molecule has 1 atom stereocenters. The lowest BCUT2D eigenvalue weighted by Crippen LogP contribution is -2.37. The maximum atomic E-state index is 13.0. The minimum atomic E-state index is -1.27. The zero-order valence-corrected chi connectivity index (χ0v) is 16.2. The molecule has 2 aromatic rings. The molecule has 7 heteroatoms. The number of anilines is 1. The van der Waals surface area contributed by atoms with Crippen LogP contribution in [0.5, 0.6) is 0 Å². The van der Waals surface area contributed by atoms with Crippen molar-refractivity contribution in [1.82, 2.24) is 0 Å². The van der Waals surface area contributed by atoms with Crippen molar-refractivity contribution in [2.24, 2.45) is 0 Å². The third kappa shape index (κ3) is 3.80. The summed E-state index contributed by atoms with van der Waals surface area (Å²) in [5.74, 6) is -2.08. The molecule has 3 rings (SSSR count). The molecule has 1 N–H and O–H groups in total. The summed E-state index contributed by atoms with van der Waals surface area (Å²) in [5.41, 5.74) is 1.84. The number of aliphatic carboxylic acids is 1. The fraction of sp³-hybridized carbons (Fsp3) is 0.200. The molecule has 140 valence electrons. The van der Waals surface area contributed by atoms with Crippen molar-refractivity contribution in [2.45, 2.75) is 26.0 Å². The standard InChI is InChI=1S/C20H17Cl2NO4/c1-11(2)23-16-8-7-12(21)9-14(16)19(13-5-3-4-6-15(13)22)27-17(20(23)26)10-18(24)25/h3-11,19H,1-2H3,(H,24,25)/b17-10-. The molecule has 1 unspecified atom stereocenters. The number of nitrogens with zero attached hydrogens (tertiary/aromatic N) is 1. The first-order chi connectivity index (χ1) is 12.8. The van der Waals surface area contributed by atoms with E-state index in [2.05, 4.69) is 0 Å². The number of carboxylic acids is 1. The Balaban J connectivity index is 2.30. The topological polar surface area (TPSA) is 66.8 Å². The molecule has 0 aromatic heterocycles. The van der Waals surface area contributed by atoms with E-state index < -0.39 is 18.0 Å². The fourth-order valence-electron chi connectivity index (χ4n) is 3.06. The molecule has 0 radical (unpaired) electrons. The summed E-state index contributed by atoms with van der Waals surface area (Å²) in [5, 5.41) is 10.1. The average molecular weight is 406 g/mol. The molecular formula is C20H17Cl2NO4. The number of fused-ring (bicyclic) bond motifs is 1. The van der Waals surface area contributed by atoms with Crippen LogP contribution in [0.3, 0.4) is 0 Å². The number of carbonyl (C=O) groups excluding carboxylic acids is 1. The summed E-state index contributed by atoms with van der Waals surface area (Å²) in [7, 11) is 0. The summed E-state index contributed by atoms with van der Waals surface area (Å²) in [6.45, 7) is 3.68. The maximum absolute atomic E-state index is 13.0. The van der Waals surface area contributed by atoms with Crippen molar-refractivity contribution < 1.29 is 19.4 Å². The van der Waals surface area contributed by atoms with Crippen molar-refractivity contribution in [3.8, 4) is 0 Å². The number of ether oxygens (including phenoxy) is 1. The van der Waals surface area contributed by atoms with E-state index >= 15 is 0 Å². The highest BCUT2D eigenvalue weighted by atomic mass is 35.5. The molecule has 5 nitrogen and oxygen atoms in total. The van der Waals surface area contributed by atoms with Crippen LogP contribution in [0.25, 0.3) is 0 Å². The lowest BCUT2D eigenvalue weighted by atomic mass is 9.99. The third-order valence-corrected chi connectivity index (χ3v) is 4.74. The van der Waals surface area contributed by atoms with E-state index in [0.29, 0.717) is 26.9 Å². The molecule has 0 saturated carbocycles. The number of carbonyl (C=O) groups is 2. The van der Waals surface area contributed by atoms with Gasteiger partial charge in [0.1, 0.15) is 0 Å². The van der Waals surface area contributed by atoms with Gasteiger partial charge >= 0.3 is 5.97 Å². The van der Waals surface area contributed by atoms with E-state index in [0.717, 1.165) is 6.08 Å². The average Bonchev–Trinajstić information content (AvgIpc) is 2.70. The van der Waals surface area contributed by atoms with E-state index in [1.54, 1.807) is 42.5 Å². The van der Waals surface area contributed by atoms with E-state index in [1.165, 1.54) is 4.90 Å². The number of hydrogen-bond donors (Lipinski definition) is 1. The summed E-state index contributed by atoms with van der Waals surface area (Å²) in [6, 6.07) is 11.9. The van der Waals surface area contributed by atoms with Gasteiger partial charge < -0.3 is 14.7 Å². The first-order valence-electron chi connectivity index (χ1n) is 8.28. The second-order valence-corrected chi connectivity index (χ2v) is 7.18. The first kappa shape index (κ1) is 19.3. The Bertz CT molecular complexity index is 939. The van der Waals surface area contributed by atoms with Crippen LogP contribution >= 0.6 is 23.2 Å². The van der Waals surface area contributed by atoms with Gasteiger partial charge in [-0.3, -0.25) is 4.79 Å². The van der Waals surface area contributed by atoms with Crippen LogP contribution in [0, 0.1) is 0 Å². The number of hydrogen-bond acceptors (Lipinski definition) is 3. The van der Waals surface area contributed by atoms with Gasteiger partial charge in [0, 0.05) is 27.2 Å². The summed E-state index contributed by atoms with van der Waals surface area (Å²) >= 11 is 12.6. The Kier molecular flexibility index (Phi) is 5.44. The van der Waals surface area contributed by atoms with E-state index in [-0.39, 0.29) is 11.8 Å². The lowest BCUT2D eigenvalue weighted by Gasteiger charge is -2.26. The van der Waals surface area contributed by atoms with Gasteiger partial charge in [0.15, 0.2) is 11.9 Å². The molecule has 0 fully saturated rings. The van der Waals surface area contributed by atoms with Crippen molar-refractivity contribution in [3.63, 3.8) is 0 Å². The van der Waals surface area contributed by atoms with Gasteiger partial charge in [-0.25, -0.2) is 4.79 Å². The van der Waals surface area contributed by atoms with E-state index in [1.807, 2.05) is 13.8 Å². The van der Waals surface area contributed by atoms with Crippen molar-refractivity contribution in [3.05, 3.63) is 75.5 Å². The molecule has 0 aliphatic carbocycles. The quantitative estimate of drug-likeness (QED) is 0.742. The largest absolute Gasteiger partial charge is 0.478 e. The predicted molar refractivity (Wildman–Crippen MR) is 104 cm³/mol. The monoisotopic (exact) mass is 405 g/mol. The first-order valence-corrected chi connectivity index (χ1v) is 9.04. The minimum absolute atomic E-state index is 0.233. The number of halogens is 2. The molecule has 1 amide bonds. The SMILES string of the molecule is CC(C)N1C(=O)/C(=C/C(=O)O)OC(c2ccccc2Cl)c2cc(Cl)ccc21. The summed E-state index contributed by atoms with van der Waals surface area (Å²) < 4.78 is 5.91. The minimum Gasteiger partial charge on any atom is -0.478 e. The Morgan fingerprint density at radius 1 is 1.19 bits per heavy atom. The van der Waals surface area contributed by atoms with Gasteiger partial charge in [0.2, 0.25) is 0 Å². The fourth-order valence-corrected chi connectivity index (χ4v) is 3.48. The summed E-state index contributed by atoms with van der Waals surface area (Å²) in [4.78, 5) is 25.8. The molecule has 0 saturated heterocycles. The highest BCUT2D eigenvalue weighted by Crippen LogP contribution is 2.42. The Morgan fingerprint density at radius 3 is 2.52 bits per heavy atom. The molecule has 0 spiro atoms. The second-order valence-electron chi connectivity index (χ2n) is 6.34. The second kappa shape index (κ2) is 7.62. The Morgan fingerprint density at radius 2 is 1.89 bits per heavy atom. The molecule has 0 bridgehead atoms. The van der Waals surface area contributed by atoms with Gasteiger partial charge in [0.25, 0.3) is 5.91 Å². The highest BCUT2D eigenvalue weighted by molar-refractivity contribution is 6.31. The van der Waals surface area contributed by atoms with Gasteiger partial charge in [0.05, 0.1) is 11.8 Å². The zero-order valence-electron chi connectivity index (χ0n) is 14.6. The highest BCUT2D eigenvalue weighted by Gasteiger charge is 2.36. The molecule has 2 aromatic carbocycles. The number of amides is 1. The molecule has 1 heterocycles. The van der Waals surface area contributed by atoms with Crippen LogP contribution in [-0.4, -0.2) is 23.0 Å². The number of rotatable bonds is 3. The van der Waals surface area contributed by atoms with Crippen molar-refractivity contribution in [1.29, 1.82) is 0 Å². The molecule has 27 heavy (non-hydrogen) atoms. The predicted octanol–water partition coefficient (Wildman–Crippen LogP) is 4.82. The van der Waals surface area contributed by atoms with Crippen LogP contribution < -0.4 is 4.90 Å². The molecule has 1 aliphatic heterocycles. The van der Waals surface area contributed by atoms with Gasteiger partial charge in [-0.2, -0.15) is 0 Å². The van der Waals surface area contributed by atoms with Gasteiger partial charge in [-0.1, -0.05) is 41.4 Å².